The second-order valence-corrected chi connectivity index (χ2v) is 5.91. The van der Waals surface area contributed by atoms with Crippen molar-refractivity contribution in [1.29, 1.82) is 0 Å². The molecular weight excluding hydrogens is 254 g/mol. The van der Waals surface area contributed by atoms with E-state index in [4.69, 9.17) is 18.0 Å². The van der Waals surface area contributed by atoms with E-state index in [1.54, 1.807) is 6.20 Å². The molecule has 1 aliphatic rings. The van der Waals surface area contributed by atoms with Crippen molar-refractivity contribution in [3.05, 3.63) is 23.9 Å². The quantitative estimate of drug-likeness (QED) is 0.810. The fourth-order valence-corrected chi connectivity index (χ4v) is 2.90. The summed E-state index contributed by atoms with van der Waals surface area (Å²) in [6, 6.07) is 3.78. The van der Waals surface area contributed by atoms with Gasteiger partial charge in [0.05, 0.1) is 0 Å². The van der Waals surface area contributed by atoms with Crippen molar-refractivity contribution in [3.8, 4) is 0 Å². The molecule has 19 heavy (non-hydrogen) atoms. The number of nitrogens with two attached hydrogens (primary N) is 1. The maximum Gasteiger partial charge on any atom is 0.126 e. The maximum atomic E-state index is 5.63. The number of hydrogen-bond donors (Lipinski definition) is 2. The summed E-state index contributed by atoms with van der Waals surface area (Å²) in [7, 11) is 0. The van der Waals surface area contributed by atoms with Gasteiger partial charge in [0, 0.05) is 18.3 Å². The highest BCUT2D eigenvalue weighted by atomic mass is 32.1. The highest BCUT2D eigenvalue weighted by Crippen LogP contribution is 2.30. The van der Waals surface area contributed by atoms with Crippen molar-refractivity contribution in [3.63, 3.8) is 0 Å². The Balaban J connectivity index is 1.82. The van der Waals surface area contributed by atoms with E-state index in [0.717, 1.165) is 29.8 Å². The first-order valence-corrected chi connectivity index (χ1v) is 7.59. The number of thiocarbonyl (C=S) groups is 1. The van der Waals surface area contributed by atoms with Crippen molar-refractivity contribution in [1.82, 2.24) is 4.98 Å². The molecule has 0 atom stereocenters. The van der Waals surface area contributed by atoms with E-state index in [0.29, 0.717) is 4.99 Å². The lowest BCUT2D eigenvalue weighted by molar-refractivity contribution is 0.278. The summed E-state index contributed by atoms with van der Waals surface area (Å²) in [5.74, 6) is 2.60. The minimum absolute atomic E-state index is 0.425. The number of anilines is 1. The molecule has 1 aromatic rings. The van der Waals surface area contributed by atoms with Gasteiger partial charge in [-0.15, -0.1) is 0 Å². The van der Waals surface area contributed by atoms with Crippen LogP contribution in [-0.2, 0) is 0 Å². The number of pyridine rings is 1. The molecule has 0 aromatic carbocycles. The van der Waals surface area contributed by atoms with Gasteiger partial charge in [-0.2, -0.15) is 0 Å². The molecule has 0 aliphatic heterocycles. The summed E-state index contributed by atoms with van der Waals surface area (Å²) in [5, 5.41) is 3.42. The predicted octanol–water partition coefficient (Wildman–Crippen LogP) is 3.34. The molecule has 1 heterocycles. The summed E-state index contributed by atoms with van der Waals surface area (Å²) in [4.78, 5) is 4.74. The summed E-state index contributed by atoms with van der Waals surface area (Å²) >= 11 is 4.98. The monoisotopic (exact) mass is 277 g/mol. The van der Waals surface area contributed by atoms with Crippen LogP contribution >= 0.6 is 12.2 Å². The van der Waals surface area contributed by atoms with E-state index >= 15 is 0 Å². The molecule has 0 spiro atoms. The van der Waals surface area contributed by atoms with Crippen molar-refractivity contribution in [2.24, 2.45) is 17.6 Å². The van der Waals surface area contributed by atoms with Crippen LogP contribution in [0.15, 0.2) is 18.3 Å². The van der Waals surface area contributed by atoms with E-state index in [9.17, 15) is 0 Å². The van der Waals surface area contributed by atoms with Gasteiger partial charge in [0.1, 0.15) is 10.8 Å². The van der Waals surface area contributed by atoms with Gasteiger partial charge < -0.3 is 11.1 Å². The van der Waals surface area contributed by atoms with Crippen LogP contribution in [-0.4, -0.2) is 16.5 Å². The summed E-state index contributed by atoms with van der Waals surface area (Å²) in [5.41, 5.74) is 6.51. The summed E-state index contributed by atoms with van der Waals surface area (Å²) in [6.45, 7) is 3.30. The van der Waals surface area contributed by atoms with Gasteiger partial charge >= 0.3 is 0 Å². The normalized spacial score (nSPS) is 23.0. The summed E-state index contributed by atoms with van der Waals surface area (Å²) < 4.78 is 0. The van der Waals surface area contributed by atoms with Gasteiger partial charge in [-0.1, -0.05) is 38.4 Å². The van der Waals surface area contributed by atoms with Crippen molar-refractivity contribution >= 4 is 23.0 Å². The first kappa shape index (κ1) is 14.3. The minimum atomic E-state index is 0.425. The first-order valence-electron chi connectivity index (χ1n) is 7.18. The van der Waals surface area contributed by atoms with Crippen LogP contribution < -0.4 is 11.1 Å². The molecule has 4 heteroatoms. The second kappa shape index (κ2) is 6.85. The molecule has 0 bridgehead atoms. The Bertz CT molecular complexity index is 425. The number of nitrogens with one attached hydrogen (secondary N) is 1. The fourth-order valence-electron chi connectivity index (χ4n) is 2.77. The molecular formula is C15H23N3S. The molecule has 3 N–H and O–H groups in total. The molecule has 1 aromatic heterocycles. The Morgan fingerprint density at radius 3 is 2.68 bits per heavy atom. The third-order valence-corrected chi connectivity index (χ3v) is 4.40. The lowest BCUT2D eigenvalue weighted by Crippen LogP contribution is -2.21. The van der Waals surface area contributed by atoms with Crippen molar-refractivity contribution < 1.29 is 0 Å². The van der Waals surface area contributed by atoms with Gasteiger partial charge in [-0.25, -0.2) is 4.98 Å². The zero-order chi connectivity index (χ0) is 13.7. The van der Waals surface area contributed by atoms with Crippen LogP contribution in [0.2, 0.25) is 0 Å². The van der Waals surface area contributed by atoms with Gasteiger partial charge in [0.25, 0.3) is 0 Å². The molecule has 3 nitrogen and oxygen atoms in total. The molecule has 2 rings (SSSR count). The topological polar surface area (TPSA) is 50.9 Å². The fraction of sp³-hybridized carbons (Fsp3) is 0.600. The number of rotatable bonds is 5. The molecule has 0 unspecified atom stereocenters. The molecule has 1 saturated carbocycles. The third kappa shape index (κ3) is 4.16. The predicted molar refractivity (Wildman–Crippen MR) is 84.4 cm³/mol. The molecule has 0 radical (unpaired) electrons. The smallest absolute Gasteiger partial charge is 0.126 e. The zero-order valence-corrected chi connectivity index (χ0v) is 12.4. The zero-order valence-electron chi connectivity index (χ0n) is 11.6. The summed E-state index contributed by atoms with van der Waals surface area (Å²) in [6.07, 6.45) is 8.51. The molecule has 104 valence electrons. The van der Waals surface area contributed by atoms with Crippen LogP contribution in [0.4, 0.5) is 5.82 Å². The first-order chi connectivity index (χ1) is 9.19. The van der Waals surface area contributed by atoms with Crippen molar-refractivity contribution in [2.75, 3.05) is 11.9 Å². The van der Waals surface area contributed by atoms with E-state index in [1.807, 2.05) is 12.1 Å². The Labute approximate surface area is 121 Å². The molecule has 0 amide bonds. The standard InChI is InChI=1S/C15H23N3S/c1-2-11-3-5-12(6-4-11)10-18-14-9-13(15(16)19)7-8-17-14/h7-9,11-12H,2-6,10H2,1H3,(H2,16,19)(H,17,18). The Kier molecular flexibility index (Phi) is 5.14. The van der Waals surface area contributed by atoms with E-state index < -0.39 is 0 Å². The van der Waals surface area contributed by atoms with Crippen LogP contribution in [0.5, 0.6) is 0 Å². The van der Waals surface area contributed by atoms with E-state index in [1.165, 1.54) is 32.1 Å². The van der Waals surface area contributed by atoms with Gasteiger partial charge in [-0.05, 0) is 36.8 Å². The molecule has 1 aliphatic carbocycles. The number of aromatic nitrogens is 1. The van der Waals surface area contributed by atoms with Crippen molar-refractivity contribution in [2.45, 2.75) is 39.0 Å². The van der Waals surface area contributed by atoms with Crippen LogP contribution in [0.25, 0.3) is 0 Å². The number of hydrogen-bond acceptors (Lipinski definition) is 3. The lowest BCUT2D eigenvalue weighted by atomic mass is 9.81. The average molecular weight is 277 g/mol. The number of nitrogens with zero attached hydrogens (tertiary/aromatic N) is 1. The van der Waals surface area contributed by atoms with E-state index in [2.05, 4.69) is 17.2 Å². The SMILES string of the molecule is CCC1CCC(CNc2cc(C(N)=S)ccn2)CC1. The molecule has 0 saturated heterocycles. The second-order valence-electron chi connectivity index (χ2n) is 5.47. The maximum absolute atomic E-state index is 5.63. The van der Waals surface area contributed by atoms with E-state index in [-0.39, 0.29) is 0 Å². The van der Waals surface area contributed by atoms with Gasteiger partial charge in [0.15, 0.2) is 0 Å². The Hall–Kier alpha value is -1.16. The van der Waals surface area contributed by atoms with Crippen LogP contribution in [0, 0.1) is 11.8 Å². The van der Waals surface area contributed by atoms with Gasteiger partial charge in [0.2, 0.25) is 0 Å². The average Bonchev–Trinajstić information content (AvgIpc) is 2.46. The Morgan fingerprint density at radius 1 is 1.37 bits per heavy atom. The highest BCUT2D eigenvalue weighted by molar-refractivity contribution is 7.80. The lowest BCUT2D eigenvalue weighted by Gasteiger charge is -2.28. The van der Waals surface area contributed by atoms with Crippen LogP contribution in [0.1, 0.15) is 44.6 Å². The minimum Gasteiger partial charge on any atom is -0.389 e. The van der Waals surface area contributed by atoms with Gasteiger partial charge in [-0.3, -0.25) is 0 Å². The third-order valence-electron chi connectivity index (χ3n) is 4.16. The molecule has 1 fully saturated rings. The highest BCUT2D eigenvalue weighted by Gasteiger charge is 2.19. The Morgan fingerprint density at radius 2 is 2.05 bits per heavy atom. The largest absolute Gasteiger partial charge is 0.389 e. The van der Waals surface area contributed by atoms with Crippen LogP contribution in [0.3, 0.4) is 0 Å².